The van der Waals surface area contributed by atoms with E-state index in [0.717, 1.165) is 49.5 Å². The van der Waals surface area contributed by atoms with Crippen LogP contribution in [0.15, 0.2) is 42.5 Å². The maximum Gasteiger partial charge on any atom is 0.338 e. The van der Waals surface area contributed by atoms with Gasteiger partial charge in [0.25, 0.3) is 5.91 Å². The summed E-state index contributed by atoms with van der Waals surface area (Å²) in [5, 5.41) is 0.588. The number of fused-ring (bicyclic) bond motifs is 1. The number of hydrogen-bond acceptors (Lipinski definition) is 8. The second-order valence-corrected chi connectivity index (χ2v) is 8.64. The number of ether oxygens (including phenoxy) is 3. The Morgan fingerprint density at radius 1 is 1.12 bits per heavy atom. The molecule has 1 aromatic heterocycles. The second-order valence-electron chi connectivity index (χ2n) is 7.63. The molecular weight excluding hydrogens is 442 g/mol. The molecule has 1 saturated heterocycles. The zero-order valence-corrected chi connectivity index (χ0v) is 19.6. The third-order valence-corrected chi connectivity index (χ3v) is 6.64. The van der Waals surface area contributed by atoms with Gasteiger partial charge in [-0.15, -0.1) is 0 Å². The maximum absolute atomic E-state index is 13.7. The summed E-state index contributed by atoms with van der Waals surface area (Å²) in [6.45, 7) is 4.57. The van der Waals surface area contributed by atoms with Gasteiger partial charge in [-0.25, -0.2) is 9.78 Å². The monoisotopic (exact) mass is 469 g/mol. The van der Waals surface area contributed by atoms with Crippen LogP contribution in [0, 0.1) is 0 Å². The lowest BCUT2D eigenvalue weighted by molar-refractivity contribution is 0.0376. The molecule has 174 valence electrons. The van der Waals surface area contributed by atoms with Crippen LogP contribution in [0.1, 0.15) is 27.1 Å². The molecule has 1 aliphatic heterocycles. The first-order chi connectivity index (χ1) is 16.1. The van der Waals surface area contributed by atoms with Crippen molar-refractivity contribution in [3.8, 4) is 5.75 Å². The van der Waals surface area contributed by atoms with Crippen LogP contribution >= 0.6 is 11.3 Å². The molecule has 2 aromatic carbocycles. The zero-order chi connectivity index (χ0) is 23.2. The molecule has 1 aliphatic rings. The van der Waals surface area contributed by atoms with Gasteiger partial charge in [-0.3, -0.25) is 14.6 Å². The number of amides is 1. The van der Waals surface area contributed by atoms with Crippen LogP contribution < -0.4 is 9.64 Å². The summed E-state index contributed by atoms with van der Waals surface area (Å²) in [4.78, 5) is 34.7. The van der Waals surface area contributed by atoms with E-state index in [2.05, 4.69) is 4.90 Å². The molecule has 1 amide bonds. The van der Waals surface area contributed by atoms with Crippen LogP contribution in [0.2, 0.25) is 0 Å². The van der Waals surface area contributed by atoms with Crippen molar-refractivity contribution < 1.29 is 23.8 Å². The highest BCUT2D eigenvalue weighted by atomic mass is 32.1. The van der Waals surface area contributed by atoms with Crippen LogP contribution in [-0.2, 0) is 9.47 Å². The van der Waals surface area contributed by atoms with Gasteiger partial charge in [-0.1, -0.05) is 23.5 Å². The van der Waals surface area contributed by atoms with Gasteiger partial charge in [0.05, 0.1) is 48.8 Å². The van der Waals surface area contributed by atoms with Gasteiger partial charge in [0, 0.05) is 32.2 Å². The van der Waals surface area contributed by atoms with E-state index < -0.39 is 5.97 Å². The first kappa shape index (κ1) is 23.2. The Labute approximate surface area is 196 Å². The number of thiazole rings is 1. The third kappa shape index (κ3) is 5.32. The number of morpholine rings is 1. The first-order valence-electron chi connectivity index (χ1n) is 10.8. The van der Waals surface area contributed by atoms with E-state index in [1.165, 1.54) is 18.4 Å². The first-order valence-corrected chi connectivity index (χ1v) is 11.7. The summed E-state index contributed by atoms with van der Waals surface area (Å²) < 4.78 is 16.6. The summed E-state index contributed by atoms with van der Waals surface area (Å²) in [6.07, 6.45) is 0.769. The number of carbonyl (C=O) groups is 2. The van der Waals surface area contributed by atoms with Gasteiger partial charge in [-0.2, -0.15) is 0 Å². The molecule has 0 unspecified atom stereocenters. The van der Waals surface area contributed by atoms with Crippen LogP contribution in [0.3, 0.4) is 0 Å². The summed E-state index contributed by atoms with van der Waals surface area (Å²) in [5.74, 6) is -0.106. The number of methoxy groups -OCH3 is 2. The fraction of sp³-hybridized carbons (Fsp3) is 0.375. The molecular formula is C24H27N3O5S. The van der Waals surface area contributed by atoms with Gasteiger partial charge < -0.3 is 14.2 Å². The minimum Gasteiger partial charge on any atom is -0.497 e. The second kappa shape index (κ2) is 10.7. The predicted octanol–water partition coefficient (Wildman–Crippen LogP) is 3.46. The largest absolute Gasteiger partial charge is 0.497 e. The molecule has 3 aromatic rings. The third-order valence-electron chi connectivity index (χ3n) is 5.58. The van der Waals surface area contributed by atoms with E-state index in [1.54, 1.807) is 36.3 Å². The van der Waals surface area contributed by atoms with Crippen molar-refractivity contribution >= 4 is 38.6 Å². The van der Waals surface area contributed by atoms with Gasteiger partial charge in [-0.05, 0) is 30.7 Å². The molecule has 0 saturated carbocycles. The molecule has 1 fully saturated rings. The standard InChI is InChI=1S/C24H27N3O5S/c1-30-17-8-9-21-20(16-17)25-24(33-21)27(11-5-10-26-12-14-32-15-13-26)22(28)18-6-3-4-7-19(18)23(29)31-2/h3-4,6-9,16H,5,10-15H2,1-2H3. The Hall–Kier alpha value is -3.01. The number of nitrogens with zero attached hydrogens (tertiary/aromatic N) is 3. The Morgan fingerprint density at radius 2 is 1.88 bits per heavy atom. The summed E-state index contributed by atoms with van der Waals surface area (Å²) in [7, 11) is 2.92. The molecule has 9 heteroatoms. The number of aromatic nitrogens is 1. The molecule has 0 aliphatic carbocycles. The lowest BCUT2D eigenvalue weighted by atomic mass is 10.1. The molecule has 0 atom stereocenters. The van der Waals surface area contributed by atoms with Crippen LogP contribution in [-0.4, -0.2) is 75.4 Å². The molecule has 0 N–H and O–H groups in total. The number of anilines is 1. The van der Waals surface area contributed by atoms with Crippen molar-refractivity contribution in [1.82, 2.24) is 9.88 Å². The number of esters is 1. The molecule has 4 rings (SSSR count). The van der Waals surface area contributed by atoms with Crippen LogP contribution in [0.5, 0.6) is 5.75 Å². The van der Waals surface area contributed by atoms with Crippen molar-refractivity contribution in [1.29, 1.82) is 0 Å². The number of carbonyl (C=O) groups excluding carboxylic acids is 2. The average molecular weight is 470 g/mol. The van der Waals surface area contributed by atoms with E-state index in [0.29, 0.717) is 23.0 Å². The molecule has 2 heterocycles. The summed E-state index contributed by atoms with van der Waals surface area (Å²) in [5.41, 5.74) is 1.31. The number of benzene rings is 2. The average Bonchev–Trinajstić information content (AvgIpc) is 3.29. The lowest BCUT2D eigenvalue weighted by Gasteiger charge is -2.28. The van der Waals surface area contributed by atoms with Gasteiger partial charge in [0.1, 0.15) is 5.75 Å². The SMILES string of the molecule is COC(=O)c1ccccc1C(=O)N(CCCN1CCOCC1)c1nc2cc(OC)ccc2s1. The van der Waals surface area contributed by atoms with E-state index in [4.69, 9.17) is 19.2 Å². The fourth-order valence-corrected chi connectivity index (χ4v) is 4.77. The quantitative estimate of drug-likeness (QED) is 0.467. The predicted molar refractivity (Wildman–Crippen MR) is 128 cm³/mol. The highest BCUT2D eigenvalue weighted by molar-refractivity contribution is 7.22. The van der Waals surface area contributed by atoms with E-state index in [1.807, 2.05) is 18.2 Å². The van der Waals surface area contributed by atoms with Crippen molar-refractivity contribution in [3.63, 3.8) is 0 Å². The molecule has 8 nitrogen and oxygen atoms in total. The minimum absolute atomic E-state index is 0.242. The minimum atomic E-state index is -0.541. The van der Waals surface area contributed by atoms with E-state index in [-0.39, 0.29) is 11.5 Å². The zero-order valence-electron chi connectivity index (χ0n) is 18.8. The summed E-state index contributed by atoms with van der Waals surface area (Å²) >= 11 is 1.44. The molecule has 0 radical (unpaired) electrons. The van der Waals surface area contributed by atoms with Crippen LogP contribution in [0.4, 0.5) is 5.13 Å². The van der Waals surface area contributed by atoms with Crippen molar-refractivity contribution in [2.24, 2.45) is 0 Å². The highest BCUT2D eigenvalue weighted by Crippen LogP contribution is 2.32. The van der Waals surface area contributed by atoms with Crippen molar-refractivity contribution in [2.45, 2.75) is 6.42 Å². The van der Waals surface area contributed by atoms with E-state index >= 15 is 0 Å². The lowest BCUT2D eigenvalue weighted by Crippen LogP contribution is -2.39. The Balaban J connectivity index is 1.64. The van der Waals surface area contributed by atoms with Gasteiger partial charge in [0.15, 0.2) is 5.13 Å². The fourth-order valence-electron chi connectivity index (χ4n) is 3.80. The topological polar surface area (TPSA) is 81.2 Å². The Kier molecular flexibility index (Phi) is 7.54. The molecule has 0 spiro atoms. The van der Waals surface area contributed by atoms with Crippen molar-refractivity contribution in [2.75, 3.05) is 58.5 Å². The number of hydrogen-bond donors (Lipinski definition) is 0. The maximum atomic E-state index is 13.7. The van der Waals surface area contributed by atoms with Crippen molar-refractivity contribution in [3.05, 3.63) is 53.6 Å². The Bertz CT molecular complexity index is 1130. The highest BCUT2D eigenvalue weighted by Gasteiger charge is 2.26. The normalized spacial score (nSPS) is 14.2. The van der Waals surface area contributed by atoms with E-state index in [9.17, 15) is 9.59 Å². The Morgan fingerprint density at radius 3 is 2.61 bits per heavy atom. The smallest absolute Gasteiger partial charge is 0.338 e. The van der Waals surface area contributed by atoms with Gasteiger partial charge in [0.2, 0.25) is 0 Å². The molecule has 33 heavy (non-hydrogen) atoms. The number of rotatable bonds is 8. The van der Waals surface area contributed by atoms with Crippen LogP contribution in [0.25, 0.3) is 10.2 Å². The molecule has 0 bridgehead atoms. The van der Waals surface area contributed by atoms with Gasteiger partial charge >= 0.3 is 5.97 Å². The summed E-state index contributed by atoms with van der Waals surface area (Å²) in [6, 6.07) is 12.4.